The van der Waals surface area contributed by atoms with E-state index in [1.54, 1.807) is 0 Å². The van der Waals surface area contributed by atoms with Crippen LogP contribution in [0.15, 0.2) is 5.29 Å². The molecule has 2 saturated carbocycles. The molecule has 0 unspecified atom stereocenters. The Kier molecular flexibility index (Phi) is 0.957. The zero-order valence-electron chi connectivity index (χ0n) is 6.44. The first-order valence-corrected chi connectivity index (χ1v) is 4.50. The van der Waals surface area contributed by atoms with E-state index < -0.39 is 0 Å². The molecule has 4 rings (SSSR count). The molecule has 0 aromatic heterocycles. The van der Waals surface area contributed by atoms with E-state index in [1.807, 2.05) is 5.01 Å². The van der Waals surface area contributed by atoms with Crippen molar-refractivity contribution in [3.05, 3.63) is 4.91 Å². The Labute approximate surface area is 65.7 Å². The highest BCUT2D eigenvalue weighted by molar-refractivity contribution is 5.03. The molecule has 2 heterocycles. The van der Waals surface area contributed by atoms with E-state index in [4.69, 9.17) is 0 Å². The monoisotopic (exact) mass is 152 g/mol. The molecular weight excluding hydrogens is 140 g/mol. The molecule has 60 valence electrons. The van der Waals surface area contributed by atoms with E-state index in [2.05, 4.69) is 5.29 Å². The zero-order chi connectivity index (χ0) is 7.42. The zero-order valence-corrected chi connectivity index (χ0v) is 6.44. The minimum Gasteiger partial charge on any atom is -0.255 e. The molecular formula is C8H12N2O. The maximum atomic E-state index is 10.5. The Morgan fingerprint density at radius 1 is 1.00 bits per heavy atom. The third-order valence-electron chi connectivity index (χ3n) is 3.81. The Bertz CT molecular complexity index is 176. The SMILES string of the molecule is O=NN1C2CC3CC1CC3C2. The maximum absolute atomic E-state index is 10.5. The second kappa shape index (κ2) is 1.76. The van der Waals surface area contributed by atoms with Crippen molar-refractivity contribution >= 4 is 0 Å². The summed E-state index contributed by atoms with van der Waals surface area (Å²) in [5.41, 5.74) is 0. The van der Waals surface area contributed by atoms with Crippen LogP contribution in [-0.4, -0.2) is 17.1 Å². The lowest BCUT2D eigenvalue weighted by molar-refractivity contribution is 0.0882. The van der Waals surface area contributed by atoms with Crippen molar-refractivity contribution < 1.29 is 0 Å². The molecule has 4 bridgehead atoms. The van der Waals surface area contributed by atoms with Crippen LogP contribution < -0.4 is 0 Å². The molecule has 2 aliphatic heterocycles. The topological polar surface area (TPSA) is 32.7 Å². The molecule has 0 amide bonds. The summed E-state index contributed by atoms with van der Waals surface area (Å²) < 4.78 is 0. The lowest BCUT2D eigenvalue weighted by Gasteiger charge is -2.34. The lowest BCUT2D eigenvalue weighted by atomic mass is 10.00. The van der Waals surface area contributed by atoms with Gasteiger partial charge in [-0.25, -0.2) is 0 Å². The van der Waals surface area contributed by atoms with Crippen LogP contribution in [0.5, 0.6) is 0 Å². The van der Waals surface area contributed by atoms with Gasteiger partial charge in [-0.15, -0.1) is 4.91 Å². The van der Waals surface area contributed by atoms with Gasteiger partial charge in [-0.2, -0.15) is 0 Å². The van der Waals surface area contributed by atoms with E-state index in [0.29, 0.717) is 12.1 Å². The van der Waals surface area contributed by atoms with Crippen LogP contribution in [0, 0.1) is 16.7 Å². The molecule has 0 N–H and O–H groups in total. The average Bonchev–Trinajstić information content (AvgIpc) is 2.43. The summed E-state index contributed by atoms with van der Waals surface area (Å²) in [7, 11) is 0. The van der Waals surface area contributed by atoms with Crippen LogP contribution in [0.2, 0.25) is 0 Å². The van der Waals surface area contributed by atoms with Crippen LogP contribution in [0.4, 0.5) is 0 Å². The molecule has 4 aliphatic rings. The van der Waals surface area contributed by atoms with Crippen molar-refractivity contribution in [2.24, 2.45) is 17.1 Å². The van der Waals surface area contributed by atoms with Gasteiger partial charge in [-0.05, 0) is 37.5 Å². The first-order chi connectivity index (χ1) is 5.38. The summed E-state index contributed by atoms with van der Waals surface area (Å²) in [6, 6.07) is 1.05. The third-order valence-corrected chi connectivity index (χ3v) is 3.81. The lowest BCUT2D eigenvalue weighted by Crippen LogP contribution is -2.41. The van der Waals surface area contributed by atoms with Gasteiger partial charge in [0.25, 0.3) is 0 Å². The fourth-order valence-electron chi connectivity index (χ4n) is 3.42. The fourth-order valence-corrected chi connectivity index (χ4v) is 3.42. The highest BCUT2D eigenvalue weighted by atomic mass is 16.3. The quantitative estimate of drug-likeness (QED) is 0.534. The summed E-state index contributed by atoms with van der Waals surface area (Å²) in [4.78, 5) is 10.5. The molecule has 2 aliphatic carbocycles. The summed E-state index contributed by atoms with van der Waals surface area (Å²) in [6.45, 7) is 0. The highest BCUT2D eigenvalue weighted by Gasteiger charge is 2.52. The Morgan fingerprint density at radius 2 is 1.45 bits per heavy atom. The number of nitroso groups, excluding NO2 is 1. The highest BCUT2D eigenvalue weighted by Crippen LogP contribution is 2.53. The average molecular weight is 152 g/mol. The van der Waals surface area contributed by atoms with Gasteiger partial charge in [0.1, 0.15) is 0 Å². The van der Waals surface area contributed by atoms with Crippen LogP contribution >= 0.6 is 0 Å². The van der Waals surface area contributed by atoms with Gasteiger partial charge in [0, 0.05) is 0 Å². The molecule has 0 spiro atoms. The summed E-state index contributed by atoms with van der Waals surface area (Å²) in [5.74, 6) is 1.89. The van der Waals surface area contributed by atoms with Crippen molar-refractivity contribution in [1.82, 2.24) is 5.01 Å². The number of rotatable bonds is 1. The maximum Gasteiger partial charge on any atom is 0.0529 e. The standard InChI is InChI=1S/C8H12N2O/c11-9-10-7-1-5-2-8(10)4-6(5)3-7/h5-8H,1-4H2. The fraction of sp³-hybridized carbons (Fsp3) is 1.00. The van der Waals surface area contributed by atoms with E-state index in [9.17, 15) is 4.91 Å². The smallest absolute Gasteiger partial charge is 0.0529 e. The third kappa shape index (κ3) is 0.596. The number of nitrogens with zero attached hydrogens (tertiary/aromatic N) is 2. The molecule has 4 fully saturated rings. The van der Waals surface area contributed by atoms with Crippen LogP contribution in [0.1, 0.15) is 25.7 Å². The first-order valence-electron chi connectivity index (χ1n) is 4.50. The minimum atomic E-state index is 0.523. The second-order valence-corrected chi connectivity index (χ2v) is 4.23. The Morgan fingerprint density at radius 3 is 1.82 bits per heavy atom. The van der Waals surface area contributed by atoms with Gasteiger partial charge >= 0.3 is 0 Å². The molecule has 3 nitrogen and oxygen atoms in total. The predicted molar refractivity (Wildman–Crippen MR) is 40.7 cm³/mol. The van der Waals surface area contributed by atoms with Crippen molar-refractivity contribution in [2.75, 3.05) is 0 Å². The van der Waals surface area contributed by atoms with Gasteiger partial charge < -0.3 is 0 Å². The summed E-state index contributed by atoms with van der Waals surface area (Å²) in [6.07, 6.45) is 4.97. The van der Waals surface area contributed by atoms with E-state index in [1.165, 1.54) is 25.7 Å². The van der Waals surface area contributed by atoms with Gasteiger partial charge in [-0.3, -0.25) is 5.01 Å². The van der Waals surface area contributed by atoms with Crippen LogP contribution in [0.3, 0.4) is 0 Å². The van der Waals surface area contributed by atoms with E-state index >= 15 is 0 Å². The number of hydrogen-bond donors (Lipinski definition) is 0. The summed E-state index contributed by atoms with van der Waals surface area (Å²) >= 11 is 0. The van der Waals surface area contributed by atoms with Crippen molar-refractivity contribution in [1.29, 1.82) is 0 Å². The number of piperidine rings is 2. The van der Waals surface area contributed by atoms with Crippen LogP contribution in [-0.2, 0) is 0 Å². The normalized spacial score (nSPS) is 52.2. The van der Waals surface area contributed by atoms with Gasteiger partial charge in [0.2, 0.25) is 0 Å². The molecule has 3 heteroatoms. The molecule has 2 saturated heterocycles. The molecule has 0 radical (unpaired) electrons. The minimum absolute atomic E-state index is 0.523. The van der Waals surface area contributed by atoms with Gasteiger partial charge in [0.15, 0.2) is 0 Å². The summed E-state index contributed by atoms with van der Waals surface area (Å²) in [5, 5.41) is 4.96. The van der Waals surface area contributed by atoms with Crippen LogP contribution in [0.25, 0.3) is 0 Å². The van der Waals surface area contributed by atoms with Gasteiger partial charge in [-0.1, -0.05) is 0 Å². The predicted octanol–water partition coefficient (Wildman–Crippen LogP) is 1.54. The van der Waals surface area contributed by atoms with E-state index in [0.717, 1.165) is 11.8 Å². The van der Waals surface area contributed by atoms with Crippen molar-refractivity contribution in [3.8, 4) is 0 Å². The van der Waals surface area contributed by atoms with Gasteiger partial charge in [0.05, 0.1) is 17.4 Å². The molecule has 11 heavy (non-hydrogen) atoms. The van der Waals surface area contributed by atoms with Crippen molar-refractivity contribution in [2.45, 2.75) is 37.8 Å². The molecule has 0 atom stereocenters. The second-order valence-electron chi connectivity index (χ2n) is 4.23. The Hall–Kier alpha value is -0.600. The molecule has 0 aromatic carbocycles. The molecule has 0 aromatic rings. The van der Waals surface area contributed by atoms with E-state index in [-0.39, 0.29) is 0 Å². The largest absolute Gasteiger partial charge is 0.255 e. The van der Waals surface area contributed by atoms with Crippen molar-refractivity contribution in [3.63, 3.8) is 0 Å². The number of hydrogen-bond acceptors (Lipinski definition) is 2. The Balaban J connectivity index is 1.95. The first kappa shape index (κ1) is 5.98.